The number of aryl methyl sites for hydroxylation is 1. The van der Waals surface area contributed by atoms with Gasteiger partial charge in [-0.3, -0.25) is 0 Å². The first-order valence-electron chi connectivity index (χ1n) is 5.63. The van der Waals surface area contributed by atoms with Gasteiger partial charge >= 0.3 is 0 Å². The van der Waals surface area contributed by atoms with E-state index in [1.807, 2.05) is 6.07 Å². The van der Waals surface area contributed by atoms with E-state index in [0.717, 1.165) is 10.8 Å². The molecule has 0 amide bonds. The molecule has 0 radical (unpaired) electrons. The molecule has 17 heavy (non-hydrogen) atoms. The molecule has 0 unspecified atom stereocenters. The molecule has 2 heterocycles. The summed E-state index contributed by atoms with van der Waals surface area (Å²) in [4.78, 5) is 4.52. The molecule has 86 valence electrons. The Morgan fingerprint density at radius 1 is 1.24 bits per heavy atom. The normalized spacial score (nSPS) is 11.2. The molecule has 0 fully saturated rings. The second-order valence-electron chi connectivity index (χ2n) is 4.03. The van der Waals surface area contributed by atoms with Crippen LogP contribution in [0.1, 0.15) is 12.5 Å². The number of aromatic amines is 1. The van der Waals surface area contributed by atoms with E-state index in [4.69, 9.17) is 11.6 Å². The molecular formula is C14H12ClNS. The molecule has 1 nitrogen and oxygen atoms in total. The average Bonchev–Trinajstić information content (AvgIpc) is 2.94. The first-order chi connectivity index (χ1) is 8.28. The Balaban J connectivity index is 2.18. The van der Waals surface area contributed by atoms with Crippen molar-refractivity contribution in [3.63, 3.8) is 0 Å². The Morgan fingerprint density at radius 2 is 2.12 bits per heavy atom. The van der Waals surface area contributed by atoms with Gasteiger partial charge in [0.15, 0.2) is 0 Å². The lowest BCUT2D eigenvalue weighted by molar-refractivity contribution is 1.15. The van der Waals surface area contributed by atoms with Crippen molar-refractivity contribution in [1.82, 2.24) is 4.98 Å². The van der Waals surface area contributed by atoms with E-state index in [2.05, 4.69) is 42.4 Å². The van der Waals surface area contributed by atoms with Crippen LogP contribution in [0.2, 0.25) is 4.34 Å². The predicted molar refractivity (Wildman–Crippen MR) is 76.0 cm³/mol. The number of fused-ring (bicyclic) bond motifs is 1. The van der Waals surface area contributed by atoms with Gasteiger partial charge in [0.2, 0.25) is 0 Å². The standard InChI is InChI=1S/C14H12ClNS/c1-2-9-8-16-12-4-3-10(7-11(9)12)13-5-6-14(15)17-13/h3-8,16H,2H2,1H3. The van der Waals surface area contributed by atoms with Crippen molar-refractivity contribution < 1.29 is 0 Å². The molecule has 0 spiro atoms. The largest absolute Gasteiger partial charge is 0.361 e. The van der Waals surface area contributed by atoms with Crippen molar-refractivity contribution in [1.29, 1.82) is 0 Å². The van der Waals surface area contributed by atoms with Crippen molar-refractivity contribution in [3.05, 3.63) is 46.4 Å². The summed E-state index contributed by atoms with van der Waals surface area (Å²) in [7, 11) is 0. The van der Waals surface area contributed by atoms with Crippen molar-refractivity contribution in [3.8, 4) is 10.4 Å². The molecule has 0 aliphatic carbocycles. The van der Waals surface area contributed by atoms with E-state index >= 15 is 0 Å². The quantitative estimate of drug-likeness (QED) is 0.660. The van der Waals surface area contributed by atoms with Gasteiger partial charge in [-0.1, -0.05) is 24.6 Å². The highest BCUT2D eigenvalue weighted by Gasteiger charge is 2.06. The number of halogens is 1. The minimum absolute atomic E-state index is 0.838. The first-order valence-corrected chi connectivity index (χ1v) is 6.83. The summed E-state index contributed by atoms with van der Waals surface area (Å²) in [6, 6.07) is 10.5. The van der Waals surface area contributed by atoms with Crippen LogP contribution in [0, 0.1) is 0 Å². The van der Waals surface area contributed by atoms with E-state index in [1.165, 1.54) is 26.9 Å². The van der Waals surface area contributed by atoms with Crippen LogP contribution < -0.4 is 0 Å². The molecule has 2 aromatic heterocycles. The van der Waals surface area contributed by atoms with Gasteiger partial charge in [-0.05, 0) is 41.8 Å². The fourth-order valence-corrected chi connectivity index (χ4v) is 3.13. The average molecular weight is 262 g/mol. The fourth-order valence-electron chi connectivity index (χ4n) is 2.09. The maximum absolute atomic E-state index is 5.98. The Hall–Kier alpha value is -1.25. The summed E-state index contributed by atoms with van der Waals surface area (Å²) in [5.41, 5.74) is 3.81. The van der Waals surface area contributed by atoms with Crippen molar-refractivity contribution >= 4 is 33.8 Å². The van der Waals surface area contributed by atoms with E-state index in [-0.39, 0.29) is 0 Å². The summed E-state index contributed by atoms with van der Waals surface area (Å²) in [6.45, 7) is 2.18. The molecule has 1 aromatic carbocycles. The Kier molecular flexibility index (Phi) is 2.69. The minimum atomic E-state index is 0.838. The number of aromatic nitrogens is 1. The fraction of sp³-hybridized carbons (Fsp3) is 0.143. The zero-order valence-corrected chi connectivity index (χ0v) is 11.0. The molecule has 1 N–H and O–H groups in total. The zero-order chi connectivity index (χ0) is 11.8. The van der Waals surface area contributed by atoms with Crippen molar-refractivity contribution in [2.75, 3.05) is 0 Å². The molecule has 3 rings (SSSR count). The highest BCUT2D eigenvalue weighted by atomic mass is 35.5. The molecule has 0 aliphatic heterocycles. The maximum atomic E-state index is 5.98. The van der Waals surface area contributed by atoms with Gasteiger partial charge in [0.1, 0.15) is 0 Å². The first kappa shape index (κ1) is 10.9. The van der Waals surface area contributed by atoms with Crippen LogP contribution in [-0.2, 0) is 6.42 Å². The van der Waals surface area contributed by atoms with Gasteiger partial charge in [-0.15, -0.1) is 11.3 Å². The second-order valence-corrected chi connectivity index (χ2v) is 5.75. The lowest BCUT2D eigenvalue weighted by atomic mass is 10.1. The number of benzene rings is 1. The topological polar surface area (TPSA) is 15.8 Å². The Bertz CT molecular complexity index is 666. The lowest BCUT2D eigenvalue weighted by Crippen LogP contribution is -1.77. The SMILES string of the molecule is CCc1c[nH]c2ccc(-c3ccc(Cl)s3)cc12. The van der Waals surface area contributed by atoms with Crippen LogP contribution in [-0.4, -0.2) is 4.98 Å². The summed E-state index contributed by atoms with van der Waals surface area (Å²) in [6.07, 6.45) is 3.14. The Morgan fingerprint density at radius 3 is 2.82 bits per heavy atom. The zero-order valence-electron chi connectivity index (χ0n) is 9.46. The number of hydrogen-bond donors (Lipinski definition) is 1. The predicted octanol–water partition coefficient (Wildman–Crippen LogP) is 5.11. The van der Waals surface area contributed by atoms with Gasteiger partial charge in [0.25, 0.3) is 0 Å². The van der Waals surface area contributed by atoms with Crippen LogP contribution in [0.15, 0.2) is 36.5 Å². The minimum Gasteiger partial charge on any atom is -0.361 e. The maximum Gasteiger partial charge on any atom is 0.0934 e. The third kappa shape index (κ3) is 1.88. The lowest BCUT2D eigenvalue weighted by Gasteiger charge is -1.99. The molecule has 0 aliphatic rings. The molecule has 0 saturated carbocycles. The van der Waals surface area contributed by atoms with Gasteiger partial charge in [-0.2, -0.15) is 0 Å². The van der Waals surface area contributed by atoms with Crippen molar-refractivity contribution in [2.45, 2.75) is 13.3 Å². The smallest absolute Gasteiger partial charge is 0.0934 e. The van der Waals surface area contributed by atoms with Crippen LogP contribution in [0.5, 0.6) is 0 Å². The molecule has 3 heteroatoms. The molecule has 0 atom stereocenters. The number of rotatable bonds is 2. The number of nitrogens with one attached hydrogen (secondary N) is 1. The van der Waals surface area contributed by atoms with Gasteiger partial charge in [0, 0.05) is 22.0 Å². The third-order valence-electron chi connectivity index (χ3n) is 3.01. The van der Waals surface area contributed by atoms with E-state index in [9.17, 15) is 0 Å². The summed E-state index contributed by atoms with van der Waals surface area (Å²) >= 11 is 7.60. The van der Waals surface area contributed by atoms with Crippen LogP contribution in [0.25, 0.3) is 21.3 Å². The monoisotopic (exact) mass is 261 g/mol. The van der Waals surface area contributed by atoms with Crippen LogP contribution in [0.3, 0.4) is 0 Å². The summed E-state index contributed by atoms with van der Waals surface area (Å²) in [5.74, 6) is 0. The van der Waals surface area contributed by atoms with Crippen LogP contribution in [0.4, 0.5) is 0 Å². The summed E-state index contributed by atoms with van der Waals surface area (Å²) in [5, 5.41) is 1.31. The number of H-pyrrole nitrogens is 1. The highest BCUT2D eigenvalue weighted by molar-refractivity contribution is 7.19. The second kappa shape index (κ2) is 4.21. The number of thiophene rings is 1. The molecule has 0 saturated heterocycles. The Labute approximate surface area is 109 Å². The highest BCUT2D eigenvalue weighted by Crippen LogP contribution is 2.33. The molecular weight excluding hydrogens is 250 g/mol. The molecule has 0 bridgehead atoms. The number of hydrogen-bond acceptors (Lipinski definition) is 1. The van der Waals surface area contributed by atoms with Crippen LogP contribution >= 0.6 is 22.9 Å². The van der Waals surface area contributed by atoms with Gasteiger partial charge < -0.3 is 4.98 Å². The molecule has 3 aromatic rings. The van der Waals surface area contributed by atoms with E-state index < -0.39 is 0 Å². The summed E-state index contributed by atoms with van der Waals surface area (Å²) < 4.78 is 0.838. The van der Waals surface area contributed by atoms with E-state index in [0.29, 0.717) is 0 Å². The van der Waals surface area contributed by atoms with Crippen molar-refractivity contribution in [2.24, 2.45) is 0 Å². The van der Waals surface area contributed by atoms with Gasteiger partial charge in [0.05, 0.1) is 4.34 Å². The van der Waals surface area contributed by atoms with Gasteiger partial charge in [-0.25, -0.2) is 0 Å². The third-order valence-corrected chi connectivity index (χ3v) is 4.29. The van der Waals surface area contributed by atoms with E-state index in [1.54, 1.807) is 11.3 Å².